The summed E-state index contributed by atoms with van der Waals surface area (Å²) in [4.78, 5) is 14.9. The Bertz CT molecular complexity index is 4580. The predicted molar refractivity (Wildman–Crippen MR) is 329 cm³/mol. The molecule has 9 aromatic carbocycles. The average molecular weight is 1230 g/mol. The minimum absolute atomic E-state index is 0. The fourth-order valence-corrected chi connectivity index (χ4v) is 12.3. The fourth-order valence-electron chi connectivity index (χ4n) is 12.3. The fraction of sp³-hybridized carbons (Fsp3) is 0.110. The molecular formula is C73H55N6OPt-3. The van der Waals surface area contributed by atoms with Crippen LogP contribution < -0.4 is 14.5 Å². The van der Waals surface area contributed by atoms with E-state index in [2.05, 4.69) is 286 Å². The third-order valence-electron chi connectivity index (χ3n) is 16.1. The SMILES string of the molecule is CC(C)(C)c1ccnc(-n2c3[c-]c(Oc4[c-]c(N5[CH-]N(c6c(-c7ccccc7)cccc6-c6ccccc6)c6ccccc65)cc(C(C)(C)C)n4)ccc3c3c4c(ccc32)-n2c3ccccc3c3cccc(c32)-c2ccccc2-4)c1.[Pt]. The summed E-state index contributed by atoms with van der Waals surface area (Å²) in [5.41, 5.74) is 20.2. The summed E-state index contributed by atoms with van der Waals surface area (Å²) in [6, 6.07) is 83.7. The molecule has 0 amide bonds. The van der Waals surface area contributed by atoms with Gasteiger partial charge in [0.25, 0.3) is 0 Å². The molecule has 0 bridgehead atoms. The van der Waals surface area contributed by atoms with E-state index in [-0.39, 0.29) is 31.9 Å². The van der Waals surface area contributed by atoms with Crippen molar-refractivity contribution in [1.29, 1.82) is 0 Å². The molecule has 0 atom stereocenters. The van der Waals surface area contributed by atoms with Crippen molar-refractivity contribution in [2.24, 2.45) is 0 Å². The van der Waals surface area contributed by atoms with Crippen molar-refractivity contribution in [3.8, 4) is 67.6 Å². The summed E-state index contributed by atoms with van der Waals surface area (Å²) in [5, 5.41) is 4.62. The summed E-state index contributed by atoms with van der Waals surface area (Å²) >= 11 is 0. The van der Waals surface area contributed by atoms with Gasteiger partial charge in [-0.05, 0) is 92.2 Å². The quantitative estimate of drug-likeness (QED) is 0.149. The van der Waals surface area contributed by atoms with E-state index in [9.17, 15) is 0 Å². The van der Waals surface area contributed by atoms with Crippen LogP contribution in [0.1, 0.15) is 52.8 Å². The molecule has 0 unspecified atom stereocenters. The molecular weight excluding hydrogens is 1170 g/mol. The van der Waals surface area contributed by atoms with Crippen molar-refractivity contribution in [3.63, 3.8) is 0 Å². The Morgan fingerprint density at radius 2 is 1.11 bits per heavy atom. The van der Waals surface area contributed by atoms with Crippen LogP contribution in [0, 0.1) is 18.8 Å². The topological polar surface area (TPSA) is 51.4 Å². The maximum atomic E-state index is 7.03. The number of hydrogen-bond acceptors (Lipinski definition) is 5. The first-order chi connectivity index (χ1) is 39.0. The van der Waals surface area contributed by atoms with Crippen LogP contribution in [0.4, 0.5) is 22.7 Å². The van der Waals surface area contributed by atoms with Crippen LogP contribution in [0.5, 0.6) is 11.6 Å². The van der Waals surface area contributed by atoms with Gasteiger partial charge in [0.1, 0.15) is 11.7 Å². The summed E-state index contributed by atoms with van der Waals surface area (Å²) in [6.07, 6.45) is 1.93. The van der Waals surface area contributed by atoms with Crippen molar-refractivity contribution >= 4 is 66.4 Å². The van der Waals surface area contributed by atoms with Crippen molar-refractivity contribution in [1.82, 2.24) is 19.1 Å². The van der Waals surface area contributed by atoms with E-state index in [4.69, 9.17) is 14.7 Å². The van der Waals surface area contributed by atoms with Gasteiger partial charge in [-0.3, -0.25) is 4.98 Å². The molecule has 8 heteroatoms. The van der Waals surface area contributed by atoms with E-state index < -0.39 is 0 Å². The third-order valence-corrected chi connectivity index (χ3v) is 16.1. The zero-order valence-electron chi connectivity index (χ0n) is 45.8. The van der Waals surface area contributed by atoms with Crippen LogP contribution in [0.25, 0.3) is 99.6 Å². The number of anilines is 4. The molecule has 0 radical (unpaired) electrons. The molecule has 0 saturated carbocycles. The predicted octanol–water partition coefficient (Wildman–Crippen LogP) is 19.0. The van der Waals surface area contributed by atoms with Gasteiger partial charge in [0, 0.05) is 88.6 Å². The summed E-state index contributed by atoms with van der Waals surface area (Å²) in [6.45, 7) is 15.5. The Labute approximate surface area is 486 Å². The Balaban J connectivity index is 0.00000589. The van der Waals surface area contributed by atoms with Crippen molar-refractivity contribution < 1.29 is 25.8 Å². The largest absolute Gasteiger partial charge is 0.503 e. The maximum Gasteiger partial charge on any atom is 0.135 e. The van der Waals surface area contributed by atoms with Crippen LogP contribution >= 0.6 is 0 Å². The van der Waals surface area contributed by atoms with Crippen LogP contribution in [0.15, 0.2) is 219 Å². The third kappa shape index (κ3) is 8.11. The first-order valence-electron chi connectivity index (χ1n) is 27.5. The zero-order valence-corrected chi connectivity index (χ0v) is 48.0. The Kier molecular flexibility index (Phi) is 11.8. The Morgan fingerprint density at radius 3 is 1.84 bits per heavy atom. The second kappa shape index (κ2) is 19.1. The zero-order chi connectivity index (χ0) is 54.0. The number of benzene rings is 9. The minimum Gasteiger partial charge on any atom is -0.503 e. The molecule has 0 aliphatic carbocycles. The van der Waals surface area contributed by atoms with Crippen LogP contribution in [-0.4, -0.2) is 19.1 Å². The molecule has 0 fully saturated rings. The number of nitrogens with zero attached hydrogens (tertiary/aromatic N) is 6. The number of fused-ring (bicyclic) bond motifs is 13. The summed E-state index contributed by atoms with van der Waals surface area (Å²) in [7, 11) is 0. The molecule has 15 rings (SSSR count). The normalized spacial score (nSPS) is 12.9. The van der Waals surface area contributed by atoms with Crippen LogP contribution in [0.3, 0.4) is 0 Å². The molecule has 6 heterocycles. The smallest absolute Gasteiger partial charge is 0.135 e. The van der Waals surface area contributed by atoms with Gasteiger partial charge in [-0.2, -0.15) is 23.9 Å². The molecule has 0 spiro atoms. The second-order valence-corrected chi connectivity index (χ2v) is 23.1. The van der Waals surface area contributed by atoms with E-state index >= 15 is 0 Å². The van der Waals surface area contributed by atoms with Crippen molar-refractivity contribution in [2.75, 3.05) is 9.80 Å². The first-order valence-corrected chi connectivity index (χ1v) is 27.5. The molecule has 13 aromatic rings. The van der Waals surface area contributed by atoms with Gasteiger partial charge < -0.3 is 23.7 Å². The van der Waals surface area contributed by atoms with Gasteiger partial charge in [0.2, 0.25) is 0 Å². The number of pyridine rings is 2. The van der Waals surface area contributed by atoms with Crippen LogP contribution in [0.2, 0.25) is 0 Å². The van der Waals surface area contributed by atoms with Crippen LogP contribution in [-0.2, 0) is 31.9 Å². The number of para-hydroxylation sites is 5. The minimum atomic E-state index is -0.338. The molecule has 0 saturated heterocycles. The first kappa shape index (κ1) is 50.2. The van der Waals surface area contributed by atoms with Gasteiger partial charge in [-0.15, -0.1) is 24.2 Å². The van der Waals surface area contributed by atoms with Crippen molar-refractivity contribution in [3.05, 3.63) is 249 Å². The number of ether oxygens (including phenoxy) is 1. The van der Waals surface area contributed by atoms with E-state index in [0.717, 1.165) is 89.6 Å². The molecule has 4 aromatic heterocycles. The molecule has 2 aliphatic heterocycles. The number of aromatic nitrogens is 4. The Morgan fingerprint density at radius 1 is 0.481 bits per heavy atom. The molecule has 81 heavy (non-hydrogen) atoms. The van der Waals surface area contributed by atoms with E-state index in [1.54, 1.807) is 0 Å². The Hall–Kier alpha value is -9.03. The number of rotatable bonds is 7. The second-order valence-electron chi connectivity index (χ2n) is 23.1. The van der Waals surface area contributed by atoms with E-state index in [0.29, 0.717) is 11.6 Å². The molecule has 2 aliphatic rings. The molecule has 0 N–H and O–H groups in total. The van der Waals surface area contributed by atoms with Gasteiger partial charge in [-0.25, -0.2) is 4.98 Å². The summed E-state index contributed by atoms with van der Waals surface area (Å²) < 4.78 is 11.8. The van der Waals surface area contributed by atoms with Gasteiger partial charge in [0.05, 0.1) is 16.7 Å². The maximum absolute atomic E-state index is 7.03. The molecule has 7 nitrogen and oxygen atoms in total. The standard InChI is InChI=1S/C73H55N6O.Pt/c1-72(2,3)48-39-40-74-66(41-48)78-62-37-38-63-68(55-27-14-13-25-53(55)56-30-20-31-57-54-26-15-16-32-59(54)79(63)71(56)57)69(62)58-36-35-50(44-64(58)78)80-67-43-49(42-65(75-67)73(4,5)6)76-45-77(61-34-18-17-33-60(61)76)70-51(46-21-9-7-10-22-46)28-19-29-52(70)47-23-11-8-12-24-47;/h7-42,45H,1-6H3;/q-3;. The average Bonchev–Trinajstić information content (AvgIpc) is 4.30. The van der Waals surface area contributed by atoms with E-state index in [1.807, 2.05) is 12.3 Å². The van der Waals surface area contributed by atoms with E-state index in [1.165, 1.54) is 44.1 Å². The number of hydrogen-bond donors (Lipinski definition) is 0. The molecule has 396 valence electrons. The van der Waals surface area contributed by atoms with Gasteiger partial charge >= 0.3 is 0 Å². The van der Waals surface area contributed by atoms with Crippen molar-refractivity contribution in [2.45, 2.75) is 52.4 Å². The monoisotopic (exact) mass is 1230 g/mol. The summed E-state index contributed by atoms with van der Waals surface area (Å²) in [5.74, 6) is 1.67. The van der Waals surface area contributed by atoms with Gasteiger partial charge in [-0.1, -0.05) is 199 Å². The van der Waals surface area contributed by atoms with Gasteiger partial charge in [0.15, 0.2) is 0 Å².